The summed E-state index contributed by atoms with van der Waals surface area (Å²) >= 11 is 0. The Kier molecular flexibility index (Phi) is 7.35. The number of aromatic hydroxyl groups is 2. The monoisotopic (exact) mass is 320 g/mol. The maximum Gasteiger partial charge on any atom is 0.195 e. The molecule has 0 spiro atoms. The second-order valence-electron chi connectivity index (χ2n) is 5.60. The summed E-state index contributed by atoms with van der Waals surface area (Å²) in [6.45, 7) is 5.65. The number of phenols is 2. The molecule has 0 aromatic heterocycles. The average molecular weight is 320 g/mol. The van der Waals surface area contributed by atoms with Crippen LogP contribution >= 0.6 is 0 Å². The van der Waals surface area contributed by atoms with Gasteiger partial charge in [-0.15, -0.1) is 0 Å². The second kappa shape index (κ2) is 9.00. The molecular formula is C18H24O5. The van der Waals surface area contributed by atoms with Crippen molar-refractivity contribution >= 4 is 5.78 Å². The normalized spacial score (nSPS) is 11.2. The van der Waals surface area contributed by atoms with E-state index in [0.717, 1.165) is 12.8 Å². The first-order valence-electron chi connectivity index (χ1n) is 7.47. The molecular weight excluding hydrogens is 296 g/mol. The summed E-state index contributed by atoms with van der Waals surface area (Å²) in [5, 5.41) is 28.3. The van der Waals surface area contributed by atoms with Crippen LogP contribution in [0, 0.1) is 0 Å². The molecule has 0 saturated carbocycles. The number of hydrogen-bond donors (Lipinski definition) is 3. The molecule has 5 nitrogen and oxygen atoms in total. The first-order valence-corrected chi connectivity index (χ1v) is 7.47. The Morgan fingerprint density at radius 1 is 1.13 bits per heavy atom. The van der Waals surface area contributed by atoms with Crippen LogP contribution in [-0.2, 0) is 0 Å². The third kappa shape index (κ3) is 6.16. The van der Waals surface area contributed by atoms with E-state index in [-0.39, 0.29) is 11.3 Å². The number of ether oxygens (including phenoxy) is 1. The van der Waals surface area contributed by atoms with Crippen molar-refractivity contribution in [2.75, 3.05) is 13.2 Å². The molecule has 0 unspecified atom stereocenters. The summed E-state index contributed by atoms with van der Waals surface area (Å²) in [4.78, 5) is 11.4. The van der Waals surface area contributed by atoms with Gasteiger partial charge in [-0.2, -0.15) is 0 Å². The molecule has 0 fully saturated rings. The van der Waals surface area contributed by atoms with Crippen molar-refractivity contribution in [3.8, 4) is 17.2 Å². The van der Waals surface area contributed by atoms with E-state index >= 15 is 0 Å². The minimum atomic E-state index is -0.783. The van der Waals surface area contributed by atoms with E-state index in [9.17, 15) is 15.0 Å². The van der Waals surface area contributed by atoms with Crippen LogP contribution in [0.25, 0.3) is 0 Å². The fourth-order valence-electron chi connectivity index (χ4n) is 2.01. The third-order valence-corrected chi connectivity index (χ3v) is 3.27. The summed E-state index contributed by atoms with van der Waals surface area (Å²) in [7, 11) is 0. The molecule has 0 aliphatic rings. The molecule has 0 atom stereocenters. The zero-order chi connectivity index (χ0) is 17.4. The van der Waals surface area contributed by atoms with Crippen molar-refractivity contribution in [1.29, 1.82) is 0 Å². The van der Waals surface area contributed by atoms with Crippen LogP contribution < -0.4 is 4.74 Å². The molecule has 0 aliphatic carbocycles. The smallest absolute Gasteiger partial charge is 0.195 e. The zero-order valence-electron chi connectivity index (χ0n) is 13.8. The van der Waals surface area contributed by atoms with E-state index in [1.54, 1.807) is 0 Å². The van der Waals surface area contributed by atoms with Gasteiger partial charge in [0, 0.05) is 12.1 Å². The molecule has 0 radical (unpaired) electrons. The zero-order valence-corrected chi connectivity index (χ0v) is 13.8. The molecule has 3 N–H and O–H groups in total. The number of benzene rings is 1. The molecule has 23 heavy (non-hydrogen) atoms. The van der Waals surface area contributed by atoms with Gasteiger partial charge in [0.1, 0.15) is 36.0 Å². The van der Waals surface area contributed by atoms with Gasteiger partial charge in [0.05, 0.1) is 0 Å². The van der Waals surface area contributed by atoms with Crippen molar-refractivity contribution in [3.05, 3.63) is 41.0 Å². The van der Waals surface area contributed by atoms with Crippen molar-refractivity contribution in [3.63, 3.8) is 0 Å². The first-order chi connectivity index (χ1) is 10.8. The Bertz CT molecular complexity index is 587. The lowest BCUT2D eigenvalue weighted by atomic mass is 10.1. The van der Waals surface area contributed by atoms with Crippen molar-refractivity contribution < 1.29 is 24.9 Å². The van der Waals surface area contributed by atoms with Crippen LogP contribution in [0.4, 0.5) is 0 Å². The largest absolute Gasteiger partial charge is 0.507 e. The van der Waals surface area contributed by atoms with E-state index in [1.807, 2.05) is 13.0 Å². The predicted molar refractivity (Wildman–Crippen MR) is 89.1 cm³/mol. The third-order valence-electron chi connectivity index (χ3n) is 3.27. The van der Waals surface area contributed by atoms with Crippen molar-refractivity contribution in [2.45, 2.75) is 33.6 Å². The average Bonchev–Trinajstić information content (AvgIpc) is 2.45. The van der Waals surface area contributed by atoms with Crippen molar-refractivity contribution in [2.24, 2.45) is 0 Å². The SMILES string of the molecule is CC(C)=CCCC(C)=CCOc1cc(O)c(C(=O)CO)c(O)c1. The number of aliphatic hydroxyl groups is 1. The lowest BCUT2D eigenvalue weighted by Crippen LogP contribution is -2.05. The van der Waals surface area contributed by atoms with Gasteiger partial charge >= 0.3 is 0 Å². The second-order valence-corrected chi connectivity index (χ2v) is 5.60. The number of Topliss-reactive ketones (excluding diaryl/α,β-unsaturated/α-hetero) is 1. The lowest BCUT2D eigenvalue weighted by Gasteiger charge is -2.09. The number of carbonyl (C=O) groups is 1. The fourth-order valence-corrected chi connectivity index (χ4v) is 2.01. The van der Waals surface area contributed by atoms with E-state index in [4.69, 9.17) is 9.84 Å². The van der Waals surface area contributed by atoms with Gasteiger partial charge in [0.2, 0.25) is 0 Å². The predicted octanol–water partition coefficient (Wildman–Crippen LogP) is 3.34. The summed E-state index contributed by atoms with van der Waals surface area (Å²) < 4.78 is 5.45. The van der Waals surface area contributed by atoms with Crippen LogP contribution in [0.3, 0.4) is 0 Å². The Morgan fingerprint density at radius 3 is 2.26 bits per heavy atom. The molecule has 5 heteroatoms. The van der Waals surface area contributed by atoms with Gasteiger partial charge in [0.25, 0.3) is 0 Å². The fraction of sp³-hybridized carbons (Fsp3) is 0.389. The van der Waals surface area contributed by atoms with E-state index in [0.29, 0.717) is 6.61 Å². The number of allylic oxidation sites excluding steroid dienone is 3. The quantitative estimate of drug-likeness (QED) is 0.505. The Morgan fingerprint density at radius 2 is 1.74 bits per heavy atom. The van der Waals surface area contributed by atoms with Gasteiger partial charge in [-0.1, -0.05) is 17.2 Å². The molecule has 0 bridgehead atoms. The maximum atomic E-state index is 11.4. The molecule has 0 aliphatic heterocycles. The van der Waals surface area contributed by atoms with Gasteiger partial charge in [-0.25, -0.2) is 0 Å². The molecule has 0 saturated heterocycles. The maximum absolute atomic E-state index is 11.4. The highest BCUT2D eigenvalue weighted by Crippen LogP contribution is 2.32. The lowest BCUT2D eigenvalue weighted by molar-refractivity contribution is 0.0898. The molecule has 1 aromatic rings. The molecule has 0 amide bonds. The molecule has 126 valence electrons. The van der Waals surface area contributed by atoms with Gasteiger partial charge in [-0.3, -0.25) is 4.79 Å². The minimum Gasteiger partial charge on any atom is -0.507 e. The summed E-state index contributed by atoms with van der Waals surface area (Å²) in [5.41, 5.74) is 2.17. The number of aliphatic hydroxyl groups excluding tert-OH is 1. The topological polar surface area (TPSA) is 87.0 Å². The Hall–Kier alpha value is -2.27. The molecule has 0 heterocycles. The minimum absolute atomic E-state index is 0.253. The first kappa shape index (κ1) is 18.8. The van der Waals surface area contributed by atoms with E-state index in [2.05, 4.69) is 19.9 Å². The highest BCUT2D eigenvalue weighted by atomic mass is 16.5. The summed E-state index contributed by atoms with van der Waals surface area (Å²) in [6, 6.07) is 2.49. The highest BCUT2D eigenvalue weighted by Gasteiger charge is 2.17. The van der Waals surface area contributed by atoms with Gasteiger partial charge in [0.15, 0.2) is 5.78 Å². The van der Waals surface area contributed by atoms with Gasteiger partial charge < -0.3 is 20.1 Å². The van der Waals surface area contributed by atoms with Crippen LogP contribution in [0.2, 0.25) is 0 Å². The molecule has 1 rings (SSSR count). The highest BCUT2D eigenvalue weighted by molar-refractivity contribution is 6.02. The van der Waals surface area contributed by atoms with Crippen LogP contribution in [-0.4, -0.2) is 34.3 Å². The van der Waals surface area contributed by atoms with E-state index in [1.165, 1.54) is 23.3 Å². The van der Waals surface area contributed by atoms with Crippen LogP contribution in [0.1, 0.15) is 44.0 Å². The van der Waals surface area contributed by atoms with E-state index < -0.39 is 23.9 Å². The summed E-state index contributed by atoms with van der Waals surface area (Å²) in [6.07, 6.45) is 6.02. The number of phenolic OH excluding ortho intramolecular Hbond substituents is 2. The van der Waals surface area contributed by atoms with Crippen molar-refractivity contribution in [1.82, 2.24) is 0 Å². The van der Waals surface area contributed by atoms with Gasteiger partial charge in [-0.05, 0) is 39.7 Å². The number of rotatable bonds is 8. The van der Waals surface area contributed by atoms with Crippen LogP contribution in [0.5, 0.6) is 17.2 Å². The van der Waals surface area contributed by atoms with Crippen LogP contribution in [0.15, 0.2) is 35.4 Å². The molecule has 1 aromatic carbocycles. The number of carbonyl (C=O) groups excluding carboxylic acids is 1. The number of hydrogen-bond acceptors (Lipinski definition) is 5. The summed E-state index contributed by atoms with van der Waals surface area (Å²) in [5.74, 6) is -1.32. The Balaban J connectivity index is 2.65. The number of ketones is 1. The standard InChI is InChI=1S/C18H24O5/c1-12(2)5-4-6-13(3)7-8-23-14-9-15(20)18(16(21)10-14)17(22)11-19/h5,7,9-10,19-21H,4,6,8,11H2,1-3H3. The Labute approximate surface area is 136 Å².